The molecule has 0 radical (unpaired) electrons. The number of nitrogens with zero attached hydrogens (tertiary/aromatic N) is 1. The smallest absolute Gasteiger partial charge is 0.333 e. The fraction of sp³-hybridized carbons (Fsp3) is 0.500. The van der Waals surface area contributed by atoms with Gasteiger partial charge in [0.15, 0.2) is 0 Å². The van der Waals surface area contributed by atoms with Crippen molar-refractivity contribution >= 4 is 17.4 Å². The maximum atomic E-state index is 12.0. The standard InChI is InChI=1S/C14H22N4O/c1-10-4-3-5-11(2)18(10)17-14(19)16-13-8-6-12(15)7-9-13/h6-11H,3-5,15H2,1-2H3,(H2,16,17,19). The SMILES string of the molecule is CC1CCCC(C)N1NC(=O)Nc1ccc(N)cc1. The maximum absolute atomic E-state index is 12.0. The second-order valence-corrected chi connectivity index (χ2v) is 5.22. The Morgan fingerprint density at radius 2 is 1.79 bits per heavy atom. The Morgan fingerprint density at radius 3 is 2.37 bits per heavy atom. The van der Waals surface area contributed by atoms with Crippen LogP contribution in [0.3, 0.4) is 0 Å². The average Bonchev–Trinajstić information content (AvgIpc) is 2.37. The lowest BCUT2D eigenvalue weighted by Gasteiger charge is -2.38. The van der Waals surface area contributed by atoms with Crippen LogP contribution in [0.15, 0.2) is 24.3 Å². The third-order valence-corrected chi connectivity index (χ3v) is 3.59. The molecule has 0 aromatic heterocycles. The summed E-state index contributed by atoms with van der Waals surface area (Å²) in [5.74, 6) is 0. The van der Waals surface area contributed by atoms with E-state index in [1.165, 1.54) is 6.42 Å². The summed E-state index contributed by atoms with van der Waals surface area (Å²) in [4.78, 5) is 12.0. The Hall–Kier alpha value is -1.75. The number of urea groups is 1. The summed E-state index contributed by atoms with van der Waals surface area (Å²) in [6.07, 6.45) is 3.46. The Morgan fingerprint density at radius 1 is 1.21 bits per heavy atom. The van der Waals surface area contributed by atoms with Gasteiger partial charge in [-0.2, -0.15) is 0 Å². The van der Waals surface area contributed by atoms with Crippen molar-refractivity contribution in [2.45, 2.75) is 45.2 Å². The van der Waals surface area contributed by atoms with Crippen molar-refractivity contribution in [3.63, 3.8) is 0 Å². The highest BCUT2D eigenvalue weighted by Crippen LogP contribution is 2.20. The van der Waals surface area contributed by atoms with Gasteiger partial charge < -0.3 is 11.1 Å². The highest BCUT2D eigenvalue weighted by Gasteiger charge is 2.25. The van der Waals surface area contributed by atoms with E-state index in [1.54, 1.807) is 24.3 Å². The molecule has 0 saturated carbocycles. The molecule has 2 atom stereocenters. The van der Waals surface area contributed by atoms with Crippen molar-refractivity contribution in [2.75, 3.05) is 11.1 Å². The Kier molecular flexibility index (Phi) is 4.27. The number of anilines is 2. The summed E-state index contributed by atoms with van der Waals surface area (Å²) in [6.45, 7) is 4.28. The van der Waals surface area contributed by atoms with Crippen LogP contribution < -0.4 is 16.5 Å². The topological polar surface area (TPSA) is 70.4 Å². The van der Waals surface area contributed by atoms with Crippen molar-refractivity contribution in [3.05, 3.63) is 24.3 Å². The number of carbonyl (C=O) groups excluding carboxylic acids is 1. The summed E-state index contributed by atoms with van der Waals surface area (Å²) in [6, 6.07) is 7.66. The molecule has 19 heavy (non-hydrogen) atoms. The first-order valence-corrected chi connectivity index (χ1v) is 6.78. The Labute approximate surface area is 114 Å². The van der Waals surface area contributed by atoms with Gasteiger partial charge in [-0.05, 0) is 51.0 Å². The van der Waals surface area contributed by atoms with Gasteiger partial charge in [0.05, 0.1) is 0 Å². The van der Waals surface area contributed by atoms with Crippen molar-refractivity contribution in [3.8, 4) is 0 Å². The lowest BCUT2D eigenvalue weighted by atomic mass is 10.00. The van der Waals surface area contributed by atoms with Gasteiger partial charge >= 0.3 is 6.03 Å². The van der Waals surface area contributed by atoms with E-state index in [0.717, 1.165) is 18.5 Å². The van der Waals surface area contributed by atoms with E-state index < -0.39 is 0 Å². The number of rotatable bonds is 2. The van der Waals surface area contributed by atoms with Crippen LogP contribution in [0, 0.1) is 0 Å². The highest BCUT2D eigenvalue weighted by molar-refractivity contribution is 5.89. The molecule has 2 unspecified atom stereocenters. The third kappa shape index (κ3) is 3.61. The molecule has 2 rings (SSSR count). The van der Waals surface area contributed by atoms with Crippen LogP contribution in [-0.2, 0) is 0 Å². The molecule has 1 aromatic carbocycles. The van der Waals surface area contributed by atoms with Gasteiger partial charge in [0.1, 0.15) is 0 Å². The van der Waals surface area contributed by atoms with E-state index in [1.807, 2.05) is 5.01 Å². The van der Waals surface area contributed by atoms with Gasteiger partial charge in [-0.1, -0.05) is 6.42 Å². The molecule has 5 nitrogen and oxygen atoms in total. The van der Waals surface area contributed by atoms with Crippen molar-refractivity contribution in [1.82, 2.24) is 10.4 Å². The van der Waals surface area contributed by atoms with Crippen LogP contribution in [-0.4, -0.2) is 23.1 Å². The quantitative estimate of drug-likeness (QED) is 0.717. The zero-order valence-electron chi connectivity index (χ0n) is 11.5. The van der Waals surface area contributed by atoms with E-state index >= 15 is 0 Å². The van der Waals surface area contributed by atoms with Gasteiger partial charge in [0, 0.05) is 23.5 Å². The molecular weight excluding hydrogens is 240 g/mol. The van der Waals surface area contributed by atoms with E-state index in [4.69, 9.17) is 5.73 Å². The molecule has 2 amide bonds. The molecule has 0 aliphatic carbocycles. The third-order valence-electron chi connectivity index (χ3n) is 3.59. The fourth-order valence-corrected chi connectivity index (χ4v) is 2.48. The molecule has 104 valence electrons. The Balaban J connectivity index is 1.91. The molecule has 1 saturated heterocycles. The largest absolute Gasteiger partial charge is 0.399 e. The van der Waals surface area contributed by atoms with Crippen molar-refractivity contribution in [1.29, 1.82) is 0 Å². The second kappa shape index (κ2) is 5.93. The van der Waals surface area contributed by atoms with E-state index in [0.29, 0.717) is 17.8 Å². The Bertz CT molecular complexity index is 422. The first-order valence-electron chi connectivity index (χ1n) is 6.78. The molecule has 1 fully saturated rings. The zero-order chi connectivity index (χ0) is 13.8. The van der Waals surface area contributed by atoms with E-state index in [2.05, 4.69) is 24.6 Å². The number of hydrogen-bond acceptors (Lipinski definition) is 3. The van der Waals surface area contributed by atoms with Gasteiger partial charge in [-0.25, -0.2) is 9.80 Å². The monoisotopic (exact) mass is 262 g/mol. The predicted octanol–water partition coefficient (Wildman–Crippen LogP) is 2.57. The van der Waals surface area contributed by atoms with Crippen LogP contribution in [0.4, 0.5) is 16.2 Å². The number of amides is 2. The van der Waals surface area contributed by atoms with Crippen molar-refractivity contribution in [2.24, 2.45) is 0 Å². The maximum Gasteiger partial charge on any atom is 0.333 e. The second-order valence-electron chi connectivity index (χ2n) is 5.22. The number of hydrogen-bond donors (Lipinski definition) is 3. The van der Waals surface area contributed by atoms with Gasteiger partial charge in [-0.15, -0.1) is 0 Å². The molecule has 4 N–H and O–H groups in total. The first-order chi connectivity index (χ1) is 9.06. The number of hydrazine groups is 1. The normalized spacial score (nSPS) is 23.9. The summed E-state index contributed by atoms with van der Waals surface area (Å²) in [7, 11) is 0. The predicted molar refractivity (Wildman–Crippen MR) is 77.6 cm³/mol. The van der Waals surface area contributed by atoms with Gasteiger partial charge in [-0.3, -0.25) is 5.43 Å². The van der Waals surface area contributed by atoms with Crippen LogP contribution in [0.25, 0.3) is 0 Å². The van der Waals surface area contributed by atoms with E-state index in [-0.39, 0.29) is 6.03 Å². The van der Waals surface area contributed by atoms with Crippen molar-refractivity contribution < 1.29 is 4.79 Å². The molecule has 5 heteroatoms. The molecule has 1 aromatic rings. The number of carbonyl (C=O) groups is 1. The molecule has 0 spiro atoms. The van der Waals surface area contributed by atoms with Gasteiger partial charge in [0.2, 0.25) is 0 Å². The van der Waals surface area contributed by atoms with Gasteiger partial charge in [0.25, 0.3) is 0 Å². The lowest BCUT2D eigenvalue weighted by molar-refractivity contribution is 0.0625. The van der Waals surface area contributed by atoms with Crippen LogP contribution in [0.2, 0.25) is 0 Å². The summed E-state index contributed by atoms with van der Waals surface area (Å²) in [5.41, 5.74) is 9.96. The lowest BCUT2D eigenvalue weighted by Crippen LogP contribution is -2.55. The number of benzene rings is 1. The highest BCUT2D eigenvalue weighted by atomic mass is 16.2. The van der Waals surface area contributed by atoms with Crippen LogP contribution in [0.5, 0.6) is 0 Å². The average molecular weight is 262 g/mol. The minimum Gasteiger partial charge on any atom is -0.399 e. The number of piperidine rings is 1. The molecule has 1 aliphatic heterocycles. The van der Waals surface area contributed by atoms with Crippen LogP contribution >= 0.6 is 0 Å². The zero-order valence-corrected chi connectivity index (χ0v) is 11.5. The number of nitrogens with one attached hydrogen (secondary N) is 2. The number of nitrogen functional groups attached to an aromatic ring is 1. The fourth-order valence-electron chi connectivity index (χ4n) is 2.48. The first kappa shape index (κ1) is 13.7. The minimum atomic E-state index is -0.203. The molecular formula is C14H22N4O. The van der Waals surface area contributed by atoms with Crippen LogP contribution in [0.1, 0.15) is 33.1 Å². The summed E-state index contributed by atoms with van der Waals surface area (Å²) < 4.78 is 0. The van der Waals surface area contributed by atoms with E-state index in [9.17, 15) is 4.79 Å². The minimum absolute atomic E-state index is 0.203. The summed E-state index contributed by atoms with van der Waals surface area (Å²) >= 11 is 0. The molecule has 0 bridgehead atoms. The summed E-state index contributed by atoms with van der Waals surface area (Å²) in [5, 5.41) is 4.85. The number of nitrogens with two attached hydrogens (primary N) is 1. The molecule has 1 heterocycles. The molecule has 1 aliphatic rings.